The average Bonchev–Trinajstić information content (AvgIpc) is 2.69. The number of nitrogens with zero attached hydrogens (tertiary/aromatic N) is 4. The average molecular weight is 374 g/mol. The molecule has 7 nitrogen and oxygen atoms in total. The number of amides is 3. The van der Waals surface area contributed by atoms with Crippen LogP contribution in [0, 0.1) is 5.92 Å². The van der Waals surface area contributed by atoms with Crippen molar-refractivity contribution in [3.05, 3.63) is 30.1 Å². The molecular formula is C20H31N5O2. The van der Waals surface area contributed by atoms with Crippen LogP contribution in [0.5, 0.6) is 0 Å². The molecule has 2 aliphatic heterocycles. The van der Waals surface area contributed by atoms with Gasteiger partial charge in [-0.15, -0.1) is 0 Å². The van der Waals surface area contributed by atoms with E-state index in [1.54, 1.807) is 19.0 Å². The van der Waals surface area contributed by atoms with Crippen LogP contribution < -0.4 is 5.32 Å². The van der Waals surface area contributed by atoms with Gasteiger partial charge in [0.15, 0.2) is 0 Å². The fourth-order valence-electron chi connectivity index (χ4n) is 3.92. The normalized spacial score (nSPS) is 19.7. The molecule has 2 aliphatic rings. The summed E-state index contributed by atoms with van der Waals surface area (Å²) in [7, 11) is 3.53. The first-order chi connectivity index (χ1) is 13.0. The van der Waals surface area contributed by atoms with Crippen molar-refractivity contribution in [1.82, 2.24) is 25.0 Å². The minimum Gasteiger partial charge on any atom is -0.353 e. The highest BCUT2D eigenvalue weighted by Gasteiger charge is 2.29. The molecule has 7 heteroatoms. The molecule has 0 atom stereocenters. The zero-order valence-electron chi connectivity index (χ0n) is 16.4. The number of pyridine rings is 1. The Kier molecular flexibility index (Phi) is 6.66. The van der Waals surface area contributed by atoms with Gasteiger partial charge in [0.2, 0.25) is 5.91 Å². The summed E-state index contributed by atoms with van der Waals surface area (Å²) in [4.78, 5) is 34.5. The monoisotopic (exact) mass is 373 g/mol. The number of aromatic nitrogens is 1. The van der Waals surface area contributed by atoms with Gasteiger partial charge in [0.1, 0.15) is 0 Å². The predicted molar refractivity (Wildman–Crippen MR) is 104 cm³/mol. The summed E-state index contributed by atoms with van der Waals surface area (Å²) in [5.41, 5.74) is 1.28. The summed E-state index contributed by atoms with van der Waals surface area (Å²) >= 11 is 0. The van der Waals surface area contributed by atoms with E-state index in [9.17, 15) is 9.59 Å². The quantitative estimate of drug-likeness (QED) is 0.870. The molecule has 1 N–H and O–H groups in total. The Morgan fingerprint density at radius 2 is 1.70 bits per heavy atom. The Balaban J connectivity index is 1.38. The maximum atomic E-state index is 12.6. The van der Waals surface area contributed by atoms with Gasteiger partial charge in [0.25, 0.3) is 0 Å². The van der Waals surface area contributed by atoms with Gasteiger partial charge in [-0.3, -0.25) is 14.7 Å². The van der Waals surface area contributed by atoms with E-state index in [-0.39, 0.29) is 23.9 Å². The van der Waals surface area contributed by atoms with Gasteiger partial charge >= 0.3 is 6.03 Å². The molecule has 1 aromatic rings. The van der Waals surface area contributed by atoms with Gasteiger partial charge in [-0.1, -0.05) is 0 Å². The van der Waals surface area contributed by atoms with Crippen LogP contribution in [0.3, 0.4) is 0 Å². The van der Waals surface area contributed by atoms with Gasteiger partial charge in [-0.05, 0) is 43.4 Å². The number of hydrogen-bond acceptors (Lipinski definition) is 4. The van der Waals surface area contributed by atoms with Gasteiger partial charge in [0.05, 0.1) is 0 Å². The number of likely N-dealkylation sites (tertiary alicyclic amines) is 2. The Bertz CT molecular complexity index is 621. The summed E-state index contributed by atoms with van der Waals surface area (Å²) in [6, 6.07) is 4.42. The Hall–Kier alpha value is -2.15. The van der Waals surface area contributed by atoms with Crippen molar-refractivity contribution in [3.63, 3.8) is 0 Å². The Morgan fingerprint density at radius 1 is 1.07 bits per heavy atom. The maximum absolute atomic E-state index is 12.6. The van der Waals surface area contributed by atoms with E-state index in [0.29, 0.717) is 13.1 Å². The minimum atomic E-state index is 0.0334. The topological polar surface area (TPSA) is 68.8 Å². The van der Waals surface area contributed by atoms with Crippen LogP contribution in [-0.4, -0.2) is 77.9 Å². The second kappa shape index (κ2) is 9.17. The van der Waals surface area contributed by atoms with Crippen LogP contribution in [0.2, 0.25) is 0 Å². The van der Waals surface area contributed by atoms with E-state index in [0.717, 1.165) is 45.3 Å². The van der Waals surface area contributed by atoms with Crippen molar-refractivity contribution in [2.24, 2.45) is 5.92 Å². The number of carbonyl (C=O) groups is 2. The number of hydrogen-bond donors (Lipinski definition) is 1. The zero-order chi connectivity index (χ0) is 19.2. The van der Waals surface area contributed by atoms with Crippen LogP contribution in [-0.2, 0) is 11.3 Å². The van der Waals surface area contributed by atoms with E-state index in [2.05, 4.69) is 27.3 Å². The maximum Gasteiger partial charge on any atom is 0.319 e. The molecule has 0 unspecified atom stereocenters. The molecule has 3 rings (SSSR count). The molecule has 0 saturated carbocycles. The summed E-state index contributed by atoms with van der Waals surface area (Å²) < 4.78 is 0. The molecule has 3 heterocycles. The van der Waals surface area contributed by atoms with Crippen molar-refractivity contribution >= 4 is 11.9 Å². The lowest BCUT2D eigenvalue weighted by Gasteiger charge is -2.35. The number of rotatable bonds is 4. The lowest BCUT2D eigenvalue weighted by atomic mass is 9.94. The van der Waals surface area contributed by atoms with Crippen molar-refractivity contribution in [3.8, 4) is 0 Å². The highest BCUT2D eigenvalue weighted by Crippen LogP contribution is 2.20. The lowest BCUT2D eigenvalue weighted by molar-refractivity contribution is -0.127. The lowest BCUT2D eigenvalue weighted by Crippen LogP contribution is -2.49. The summed E-state index contributed by atoms with van der Waals surface area (Å²) in [5, 5.41) is 3.25. The predicted octanol–water partition coefficient (Wildman–Crippen LogP) is 1.56. The molecule has 0 aromatic carbocycles. The summed E-state index contributed by atoms with van der Waals surface area (Å²) in [6.07, 6.45) is 7.17. The number of nitrogens with one attached hydrogen (secondary N) is 1. The van der Waals surface area contributed by atoms with Crippen molar-refractivity contribution in [2.75, 3.05) is 40.3 Å². The molecule has 2 saturated heterocycles. The van der Waals surface area contributed by atoms with E-state index >= 15 is 0 Å². The van der Waals surface area contributed by atoms with Crippen LogP contribution in [0.4, 0.5) is 4.79 Å². The Morgan fingerprint density at radius 3 is 2.30 bits per heavy atom. The summed E-state index contributed by atoms with van der Waals surface area (Å²) in [6.45, 7) is 4.28. The van der Waals surface area contributed by atoms with Crippen molar-refractivity contribution in [2.45, 2.75) is 38.3 Å². The third-order valence-electron chi connectivity index (χ3n) is 5.61. The number of urea groups is 1. The smallest absolute Gasteiger partial charge is 0.319 e. The molecule has 0 radical (unpaired) electrons. The third-order valence-corrected chi connectivity index (χ3v) is 5.61. The molecule has 27 heavy (non-hydrogen) atoms. The van der Waals surface area contributed by atoms with E-state index in [1.165, 1.54) is 5.56 Å². The molecule has 1 aromatic heterocycles. The van der Waals surface area contributed by atoms with Gasteiger partial charge in [0, 0.05) is 71.2 Å². The fraction of sp³-hybridized carbons (Fsp3) is 0.650. The standard InChI is InChI=1S/C20H31N5O2/c1-23(2)20(27)25-13-5-17(6-14-25)19(26)22-18-7-11-24(12-8-18)15-16-3-9-21-10-4-16/h3-4,9-10,17-18H,5-8,11-15H2,1-2H3,(H,22,26). The van der Waals surface area contributed by atoms with Gasteiger partial charge < -0.3 is 15.1 Å². The number of carbonyl (C=O) groups excluding carboxylic acids is 2. The first-order valence-electron chi connectivity index (χ1n) is 9.91. The second-order valence-electron chi connectivity index (χ2n) is 7.85. The summed E-state index contributed by atoms with van der Waals surface area (Å²) in [5.74, 6) is 0.200. The van der Waals surface area contributed by atoms with Crippen LogP contribution in [0.1, 0.15) is 31.2 Å². The molecule has 2 fully saturated rings. The first-order valence-corrected chi connectivity index (χ1v) is 9.91. The molecule has 0 bridgehead atoms. The minimum absolute atomic E-state index is 0.0334. The fourth-order valence-corrected chi connectivity index (χ4v) is 3.92. The third kappa shape index (κ3) is 5.42. The second-order valence-corrected chi connectivity index (χ2v) is 7.85. The van der Waals surface area contributed by atoms with Crippen LogP contribution >= 0.6 is 0 Å². The Labute approximate surface area is 161 Å². The molecule has 148 valence electrons. The zero-order valence-corrected chi connectivity index (χ0v) is 16.4. The van der Waals surface area contributed by atoms with Crippen LogP contribution in [0.25, 0.3) is 0 Å². The molecule has 3 amide bonds. The van der Waals surface area contributed by atoms with Gasteiger partial charge in [-0.25, -0.2) is 4.79 Å². The van der Waals surface area contributed by atoms with E-state index in [4.69, 9.17) is 0 Å². The first kappa shape index (κ1) is 19.6. The van der Waals surface area contributed by atoms with Crippen molar-refractivity contribution in [1.29, 1.82) is 0 Å². The SMILES string of the molecule is CN(C)C(=O)N1CCC(C(=O)NC2CCN(Cc3ccncc3)CC2)CC1. The highest BCUT2D eigenvalue weighted by atomic mass is 16.2. The number of piperidine rings is 2. The molecule has 0 spiro atoms. The van der Waals surface area contributed by atoms with Gasteiger partial charge in [-0.2, -0.15) is 0 Å². The van der Waals surface area contributed by atoms with Crippen LogP contribution in [0.15, 0.2) is 24.5 Å². The highest BCUT2D eigenvalue weighted by molar-refractivity contribution is 5.80. The molecule has 0 aliphatic carbocycles. The van der Waals surface area contributed by atoms with Crippen molar-refractivity contribution < 1.29 is 9.59 Å². The molecular weight excluding hydrogens is 342 g/mol. The van der Waals surface area contributed by atoms with E-state index in [1.807, 2.05) is 17.3 Å². The van der Waals surface area contributed by atoms with E-state index < -0.39 is 0 Å². The largest absolute Gasteiger partial charge is 0.353 e.